The molecular formula is C20H23N3O2. The zero-order valence-corrected chi connectivity index (χ0v) is 14.7. The zero-order valence-electron chi connectivity index (χ0n) is 14.7. The molecule has 1 aromatic carbocycles. The molecule has 1 saturated heterocycles. The standard InChI is InChI=1S/C20H23N3O2/c1-15-7-10-22-20(18(15)13-21)23-11-8-17(9-12-23)25-14-16-5-3-4-6-19(16)24-2/h3-7,10,17H,8-9,11-12,14H2,1-2H3. The van der Waals surface area contributed by atoms with Crippen LogP contribution in [-0.2, 0) is 11.3 Å². The fraction of sp³-hybridized carbons (Fsp3) is 0.400. The molecule has 0 spiro atoms. The Hall–Kier alpha value is -2.58. The predicted octanol–water partition coefficient (Wildman–Crippen LogP) is 3.46. The average Bonchev–Trinajstić information content (AvgIpc) is 2.67. The molecule has 1 aliphatic rings. The van der Waals surface area contributed by atoms with Gasteiger partial charge in [0.1, 0.15) is 17.6 Å². The van der Waals surface area contributed by atoms with E-state index in [1.54, 1.807) is 13.3 Å². The number of para-hydroxylation sites is 1. The molecule has 25 heavy (non-hydrogen) atoms. The molecule has 0 N–H and O–H groups in total. The molecule has 0 amide bonds. The van der Waals surface area contributed by atoms with Gasteiger partial charge in [0.2, 0.25) is 0 Å². The van der Waals surface area contributed by atoms with Crippen LogP contribution in [0.3, 0.4) is 0 Å². The van der Waals surface area contributed by atoms with Crippen molar-refractivity contribution < 1.29 is 9.47 Å². The summed E-state index contributed by atoms with van der Waals surface area (Å²) in [5.41, 5.74) is 2.72. The number of benzene rings is 1. The summed E-state index contributed by atoms with van der Waals surface area (Å²) in [7, 11) is 1.68. The van der Waals surface area contributed by atoms with Crippen LogP contribution < -0.4 is 9.64 Å². The third-order valence-electron chi connectivity index (χ3n) is 4.66. The molecule has 130 valence electrons. The molecular weight excluding hydrogens is 314 g/mol. The van der Waals surface area contributed by atoms with Crippen LogP contribution in [0.4, 0.5) is 5.82 Å². The highest BCUT2D eigenvalue weighted by Gasteiger charge is 2.23. The number of anilines is 1. The summed E-state index contributed by atoms with van der Waals surface area (Å²) in [5.74, 6) is 1.66. The number of hydrogen-bond donors (Lipinski definition) is 0. The van der Waals surface area contributed by atoms with E-state index in [0.717, 1.165) is 48.6 Å². The van der Waals surface area contributed by atoms with Gasteiger partial charge in [-0.05, 0) is 37.5 Å². The van der Waals surface area contributed by atoms with Crippen molar-refractivity contribution in [3.05, 3.63) is 53.2 Å². The van der Waals surface area contributed by atoms with Crippen LogP contribution in [0.1, 0.15) is 29.5 Å². The fourth-order valence-electron chi connectivity index (χ4n) is 3.19. The Morgan fingerprint density at radius 2 is 2.00 bits per heavy atom. The molecule has 0 saturated carbocycles. The van der Waals surface area contributed by atoms with E-state index in [2.05, 4.69) is 16.0 Å². The van der Waals surface area contributed by atoms with E-state index in [4.69, 9.17) is 9.47 Å². The number of aromatic nitrogens is 1. The molecule has 1 aliphatic heterocycles. The minimum Gasteiger partial charge on any atom is -0.496 e. The molecule has 5 nitrogen and oxygen atoms in total. The minimum atomic E-state index is 0.219. The summed E-state index contributed by atoms with van der Waals surface area (Å²) in [6.45, 7) is 4.21. The zero-order chi connectivity index (χ0) is 17.6. The van der Waals surface area contributed by atoms with Gasteiger partial charge < -0.3 is 14.4 Å². The number of rotatable bonds is 5. The Morgan fingerprint density at radius 1 is 1.24 bits per heavy atom. The predicted molar refractivity (Wildman–Crippen MR) is 96.7 cm³/mol. The van der Waals surface area contributed by atoms with Crippen LogP contribution in [0.5, 0.6) is 5.75 Å². The second kappa shape index (κ2) is 8.00. The van der Waals surface area contributed by atoms with Crippen LogP contribution in [0.2, 0.25) is 0 Å². The van der Waals surface area contributed by atoms with E-state index in [-0.39, 0.29) is 6.10 Å². The molecule has 0 bridgehead atoms. The average molecular weight is 337 g/mol. The Bertz CT molecular complexity index is 762. The fourth-order valence-corrected chi connectivity index (χ4v) is 3.19. The van der Waals surface area contributed by atoms with Gasteiger partial charge in [-0.3, -0.25) is 0 Å². The minimum absolute atomic E-state index is 0.219. The van der Waals surface area contributed by atoms with E-state index in [0.29, 0.717) is 12.2 Å². The van der Waals surface area contributed by atoms with Crippen molar-refractivity contribution in [2.45, 2.75) is 32.5 Å². The number of pyridine rings is 1. The number of nitrogens with zero attached hydrogens (tertiary/aromatic N) is 3. The Balaban J connectivity index is 1.58. The highest BCUT2D eigenvalue weighted by Crippen LogP contribution is 2.26. The number of methoxy groups -OCH3 is 1. The topological polar surface area (TPSA) is 58.4 Å². The maximum atomic E-state index is 9.39. The third kappa shape index (κ3) is 3.92. The third-order valence-corrected chi connectivity index (χ3v) is 4.66. The highest BCUT2D eigenvalue weighted by molar-refractivity contribution is 5.57. The summed E-state index contributed by atoms with van der Waals surface area (Å²) < 4.78 is 11.5. The molecule has 0 radical (unpaired) electrons. The number of aryl methyl sites for hydroxylation is 1. The quantitative estimate of drug-likeness (QED) is 0.836. The summed E-state index contributed by atoms with van der Waals surface area (Å²) in [5, 5.41) is 9.39. The van der Waals surface area contributed by atoms with Gasteiger partial charge in [0.25, 0.3) is 0 Å². The molecule has 2 heterocycles. The maximum Gasteiger partial charge on any atom is 0.146 e. The van der Waals surface area contributed by atoms with E-state index in [9.17, 15) is 5.26 Å². The van der Waals surface area contributed by atoms with Gasteiger partial charge in [-0.1, -0.05) is 18.2 Å². The van der Waals surface area contributed by atoms with Gasteiger partial charge in [0.15, 0.2) is 0 Å². The van der Waals surface area contributed by atoms with Crippen molar-refractivity contribution in [1.29, 1.82) is 5.26 Å². The van der Waals surface area contributed by atoms with Gasteiger partial charge >= 0.3 is 0 Å². The van der Waals surface area contributed by atoms with Crippen molar-refractivity contribution >= 4 is 5.82 Å². The summed E-state index contributed by atoms with van der Waals surface area (Å²) >= 11 is 0. The number of ether oxygens (including phenoxy) is 2. The number of piperidine rings is 1. The van der Waals surface area contributed by atoms with Crippen molar-refractivity contribution in [3.8, 4) is 11.8 Å². The van der Waals surface area contributed by atoms with E-state index in [1.807, 2.05) is 37.3 Å². The van der Waals surface area contributed by atoms with Gasteiger partial charge in [-0.2, -0.15) is 5.26 Å². The largest absolute Gasteiger partial charge is 0.496 e. The first-order valence-corrected chi connectivity index (χ1v) is 8.57. The molecule has 0 unspecified atom stereocenters. The van der Waals surface area contributed by atoms with Crippen molar-refractivity contribution in [3.63, 3.8) is 0 Å². The number of nitriles is 1. The summed E-state index contributed by atoms with van der Waals surface area (Å²) in [4.78, 5) is 6.61. The van der Waals surface area contributed by atoms with Crippen LogP contribution >= 0.6 is 0 Å². The van der Waals surface area contributed by atoms with Crippen LogP contribution in [0.15, 0.2) is 36.5 Å². The summed E-state index contributed by atoms with van der Waals surface area (Å²) in [6, 6.07) is 12.1. The van der Waals surface area contributed by atoms with Gasteiger partial charge in [-0.15, -0.1) is 0 Å². The van der Waals surface area contributed by atoms with Gasteiger partial charge in [0, 0.05) is 24.8 Å². The normalized spacial score (nSPS) is 15.0. The first kappa shape index (κ1) is 17.2. The van der Waals surface area contributed by atoms with Crippen LogP contribution in [0.25, 0.3) is 0 Å². The lowest BCUT2D eigenvalue weighted by molar-refractivity contribution is 0.0241. The smallest absolute Gasteiger partial charge is 0.146 e. The van der Waals surface area contributed by atoms with Gasteiger partial charge in [0.05, 0.1) is 25.4 Å². The molecule has 1 aromatic heterocycles. The Labute approximate surface area is 148 Å². The molecule has 1 fully saturated rings. The SMILES string of the molecule is COc1ccccc1COC1CCN(c2nccc(C)c2C#N)CC1. The first-order chi connectivity index (χ1) is 12.2. The number of hydrogen-bond acceptors (Lipinski definition) is 5. The molecule has 3 rings (SSSR count). The lowest BCUT2D eigenvalue weighted by Gasteiger charge is -2.33. The molecule has 0 aliphatic carbocycles. The highest BCUT2D eigenvalue weighted by atomic mass is 16.5. The van der Waals surface area contributed by atoms with Crippen molar-refractivity contribution in [1.82, 2.24) is 4.98 Å². The lowest BCUT2D eigenvalue weighted by Crippen LogP contribution is -2.38. The first-order valence-electron chi connectivity index (χ1n) is 8.57. The van der Waals surface area contributed by atoms with Crippen LogP contribution in [0, 0.1) is 18.3 Å². The second-order valence-electron chi connectivity index (χ2n) is 6.25. The second-order valence-corrected chi connectivity index (χ2v) is 6.25. The van der Waals surface area contributed by atoms with E-state index in [1.165, 1.54) is 0 Å². The molecule has 2 aromatic rings. The Morgan fingerprint density at radius 3 is 2.72 bits per heavy atom. The van der Waals surface area contributed by atoms with E-state index >= 15 is 0 Å². The molecule has 5 heteroatoms. The van der Waals surface area contributed by atoms with Crippen molar-refractivity contribution in [2.75, 3.05) is 25.1 Å². The monoisotopic (exact) mass is 337 g/mol. The van der Waals surface area contributed by atoms with E-state index < -0.39 is 0 Å². The molecule has 0 atom stereocenters. The maximum absolute atomic E-state index is 9.39. The lowest BCUT2D eigenvalue weighted by atomic mass is 10.1. The summed E-state index contributed by atoms with van der Waals surface area (Å²) in [6.07, 6.45) is 3.85. The van der Waals surface area contributed by atoms with Gasteiger partial charge in [-0.25, -0.2) is 4.98 Å². The van der Waals surface area contributed by atoms with Crippen LogP contribution in [-0.4, -0.2) is 31.3 Å². The van der Waals surface area contributed by atoms with Crippen molar-refractivity contribution in [2.24, 2.45) is 0 Å². The Kier molecular flexibility index (Phi) is 5.52.